The standard InChI is InChI=1S/C19H27FN2O2S/c1-15-6-8-19(9-7-15)10-12-22(14-19)18(23)21-11-13-25(24)17-5-3-2-4-16(17)20/h2-5,15H,6-14H2,1H3,(H,21,23)/t15?,19?,25-/m0/s1. The van der Waals surface area contributed by atoms with Gasteiger partial charge in [0, 0.05) is 25.4 Å². The van der Waals surface area contributed by atoms with Gasteiger partial charge in [-0.2, -0.15) is 0 Å². The highest BCUT2D eigenvalue weighted by Gasteiger charge is 2.41. The molecule has 0 bridgehead atoms. The van der Waals surface area contributed by atoms with E-state index < -0.39 is 16.6 Å². The normalized spacial score (nSPS) is 27.4. The zero-order chi connectivity index (χ0) is 17.9. The Hall–Kier alpha value is -1.43. The number of nitrogens with one attached hydrogen (secondary N) is 1. The Kier molecular flexibility index (Phi) is 5.77. The molecule has 138 valence electrons. The van der Waals surface area contributed by atoms with Crippen molar-refractivity contribution >= 4 is 16.8 Å². The van der Waals surface area contributed by atoms with Crippen molar-refractivity contribution in [3.63, 3.8) is 0 Å². The fraction of sp³-hybridized carbons (Fsp3) is 0.632. The second-order valence-electron chi connectivity index (χ2n) is 7.57. The topological polar surface area (TPSA) is 49.4 Å². The third-order valence-electron chi connectivity index (χ3n) is 5.71. The van der Waals surface area contributed by atoms with Gasteiger partial charge >= 0.3 is 6.03 Å². The fourth-order valence-corrected chi connectivity index (χ4v) is 5.02. The smallest absolute Gasteiger partial charge is 0.317 e. The first-order chi connectivity index (χ1) is 12.0. The molecule has 2 fully saturated rings. The third kappa shape index (κ3) is 4.40. The van der Waals surface area contributed by atoms with Gasteiger partial charge in [0.2, 0.25) is 0 Å². The maximum absolute atomic E-state index is 13.6. The number of hydrogen-bond donors (Lipinski definition) is 1. The SMILES string of the molecule is CC1CCC2(CC1)CCN(C(=O)NCC[S@](=O)c1ccccc1F)C2. The number of carbonyl (C=O) groups excluding carboxylic acids is 1. The summed E-state index contributed by atoms with van der Waals surface area (Å²) in [6.07, 6.45) is 6.05. The van der Waals surface area contributed by atoms with E-state index in [0.29, 0.717) is 12.0 Å². The van der Waals surface area contributed by atoms with Crippen LogP contribution in [0.4, 0.5) is 9.18 Å². The summed E-state index contributed by atoms with van der Waals surface area (Å²) < 4.78 is 25.8. The van der Waals surface area contributed by atoms with Gasteiger partial charge in [0.25, 0.3) is 0 Å². The lowest BCUT2D eigenvalue weighted by atomic mass is 9.70. The molecule has 2 aliphatic rings. The van der Waals surface area contributed by atoms with Crippen LogP contribution in [0.15, 0.2) is 29.2 Å². The molecule has 25 heavy (non-hydrogen) atoms. The lowest BCUT2D eigenvalue weighted by molar-refractivity contribution is 0.156. The van der Waals surface area contributed by atoms with Crippen molar-refractivity contribution in [3.05, 3.63) is 30.1 Å². The monoisotopic (exact) mass is 366 g/mol. The first-order valence-electron chi connectivity index (χ1n) is 9.15. The highest BCUT2D eigenvalue weighted by Crippen LogP contribution is 2.45. The van der Waals surface area contributed by atoms with Crippen molar-refractivity contribution in [3.8, 4) is 0 Å². The molecular weight excluding hydrogens is 339 g/mol. The Morgan fingerprint density at radius 1 is 1.32 bits per heavy atom. The molecule has 1 atom stereocenters. The summed E-state index contributed by atoms with van der Waals surface area (Å²) in [5.74, 6) is 0.574. The largest absolute Gasteiger partial charge is 0.337 e. The average Bonchev–Trinajstić information content (AvgIpc) is 3.02. The van der Waals surface area contributed by atoms with Crippen LogP contribution < -0.4 is 5.32 Å². The van der Waals surface area contributed by atoms with E-state index in [1.54, 1.807) is 12.1 Å². The number of amides is 2. The number of hydrogen-bond acceptors (Lipinski definition) is 2. The first kappa shape index (κ1) is 18.4. The van der Waals surface area contributed by atoms with Crippen molar-refractivity contribution in [1.82, 2.24) is 10.2 Å². The van der Waals surface area contributed by atoms with Crippen LogP contribution in [0.5, 0.6) is 0 Å². The molecule has 0 aromatic heterocycles. The van der Waals surface area contributed by atoms with E-state index in [9.17, 15) is 13.4 Å². The van der Waals surface area contributed by atoms with E-state index in [1.807, 2.05) is 4.90 Å². The van der Waals surface area contributed by atoms with Crippen molar-refractivity contribution in [2.45, 2.75) is 43.9 Å². The molecule has 1 aromatic carbocycles. The van der Waals surface area contributed by atoms with Crippen LogP contribution in [0.25, 0.3) is 0 Å². The molecule has 0 unspecified atom stereocenters. The zero-order valence-corrected chi connectivity index (χ0v) is 15.6. The highest BCUT2D eigenvalue weighted by molar-refractivity contribution is 7.85. The van der Waals surface area contributed by atoms with Crippen molar-refractivity contribution in [1.29, 1.82) is 0 Å². The van der Waals surface area contributed by atoms with Gasteiger partial charge in [0.05, 0.1) is 15.7 Å². The average molecular weight is 367 g/mol. The summed E-state index contributed by atoms with van der Waals surface area (Å²) in [4.78, 5) is 14.5. The number of rotatable bonds is 4. The van der Waals surface area contributed by atoms with E-state index in [2.05, 4.69) is 12.2 Å². The van der Waals surface area contributed by atoms with Crippen LogP contribution in [-0.2, 0) is 10.8 Å². The molecule has 3 rings (SSSR count). The molecule has 1 aliphatic heterocycles. The Morgan fingerprint density at radius 2 is 2.04 bits per heavy atom. The predicted octanol–water partition coefficient (Wildman–Crippen LogP) is 3.55. The van der Waals surface area contributed by atoms with E-state index in [4.69, 9.17) is 0 Å². The molecule has 4 nitrogen and oxygen atoms in total. The number of benzene rings is 1. The minimum absolute atomic E-state index is 0.0824. The summed E-state index contributed by atoms with van der Waals surface area (Å²) >= 11 is 0. The van der Waals surface area contributed by atoms with Crippen molar-refractivity contribution < 1.29 is 13.4 Å². The molecular formula is C19H27FN2O2S. The molecule has 0 radical (unpaired) electrons. The minimum atomic E-state index is -1.44. The lowest BCUT2D eigenvalue weighted by Gasteiger charge is -2.36. The molecule has 1 aromatic rings. The van der Waals surface area contributed by atoms with Crippen LogP contribution in [0.1, 0.15) is 39.0 Å². The maximum atomic E-state index is 13.6. The second kappa shape index (κ2) is 7.85. The van der Waals surface area contributed by atoms with Gasteiger partial charge in [-0.3, -0.25) is 4.21 Å². The van der Waals surface area contributed by atoms with E-state index in [0.717, 1.165) is 25.4 Å². The number of urea groups is 1. The quantitative estimate of drug-likeness (QED) is 0.886. The number of halogens is 1. The Labute approximate surface area is 151 Å². The molecule has 1 saturated carbocycles. The summed E-state index contributed by atoms with van der Waals surface area (Å²) in [5, 5.41) is 2.85. The maximum Gasteiger partial charge on any atom is 0.317 e. The molecule has 1 saturated heterocycles. The summed E-state index contributed by atoms with van der Waals surface area (Å²) in [5.41, 5.74) is 0.319. The Bertz CT molecular complexity index is 644. The lowest BCUT2D eigenvalue weighted by Crippen LogP contribution is -2.41. The summed E-state index contributed by atoms with van der Waals surface area (Å²) in [7, 11) is -1.44. The van der Waals surface area contributed by atoms with Gasteiger partial charge in [0.1, 0.15) is 5.82 Å². The third-order valence-corrected chi connectivity index (χ3v) is 7.10. The van der Waals surface area contributed by atoms with Crippen molar-refractivity contribution in [2.24, 2.45) is 11.3 Å². The number of likely N-dealkylation sites (tertiary alicyclic amines) is 1. The van der Waals surface area contributed by atoms with Crippen LogP contribution >= 0.6 is 0 Å². The van der Waals surface area contributed by atoms with Gasteiger partial charge in [-0.05, 0) is 42.7 Å². The van der Waals surface area contributed by atoms with Crippen LogP contribution in [-0.4, -0.2) is 40.5 Å². The van der Waals surface area contributed by atoms with Crippen molar-refractivity contribution in [2.75, 3.05) is 25.4 Å². The zero-order valence-electron chi connectivity index (χ0n) is 14.8. The molecule has 2 amide bonds. The molecule has 1 spiro atoms. The van der Waals surface area contributed by atoms with Gasteiger partial charge in [-0.15, -0.1) is 0 Å². The molecule has 1 N–H and O–H groups in total. The number of nitrogens with zero attached hydrogens (tertiary/aromatic N) is 1. The van der Waals surface area contributed by atoms with Crippen LogP contribution in [0.3, 0.4) is 0 Å². The first-order valence-corrected chi connectivity index (χ1v) is 10.5. The Morgan fingerprint density at radius 3 is 2.76 bits per heavy atom. The second-order valence-corrected chi connectivity index (χ2v) is 9.11. The molecule has 1 heterocycles. The van der Waals surface area contributed by atoms with Gasteiger partial charge in [0.15, 0.2) is 0 Å². The molecule has 6 heteroatoms. The molecule has 1 aliphatic carbocycles. The predicted molar refractivity (Wildman–Crippen MR) is 97.3 cm³/mol. The Balaban J connectivity index is 1.44. The van der Waals surface area contributed by atoms with Crippen LogP contribution in [0.2, 0.25) is 0 Å². The van der Waals surface area contributed by atoms with E-state index >= 15 is 0 Å². The fourth-order valence-electron chi connectivity index (χ4n) is 3.99. The van der Waals surface area contributed by atoms with Gasteiger partial charge < -0.3 is 10.2 Å². The summed E-state index contributed by atoms with van der Waals surface area (Å²) in [6.45, 7) is 4.24. The van der Waals surface area contributed by atoms with Gasteiger partial charge in [-0.25, -0.2) is 9.18 Å². The summed E-state index contributed by atoms with van der Waals surface area (Å²) in [6, 6.07) is 6.00. The van der Waals surface area contributed by atoms with Gasteiger partial charge in [-0.1, -0.05) is 31.9 Å². The van der Waals surface area contributed by atoms with E-state index in [-0.39, 0.29) is 16.7 Å². The minimum Gasteiger partial charge on any atom is -0.337 e. The highest BCUT2D eigenvalue weighted by atomic mass is 32.2. The van der Waals surface area contributed by atoms with Crippen LogP contribution in [0, 0.1) is 17.2 Å². The number of carbonyl (C=O) groups is 1. The van der Waals surface area contributed by atoms with E-state index in [1.165, 1.54) is 37.8 Å².